The third-order valence-electron chi connectivity index (χ3n) is 7.05. The van der Waals surface area contributed by atoms with Crippen molar-refractivity contribution in [2.45, 2.75) is 32.9 Å². The van der Waals surface area contributed by atoms with E-state index in [1.165, 1.54) is 53.5 Å². The molecule has 218 valence electrons. The summed E-state index contributed by atoms with van der Waals surface area (Å²) < 4.78 is 57.6. The van der Waals surface area contributed by atoms with Gasteiger partial charge in [0.25, 0.3) is 0 Å². The maximum absolute atomic E-state index is 15.1. The number of benzene rings is 3. The summed E-state index contributed by atoms with van der Waals surface area (Å²) in [5.74, 6) is -1.25. The summed E-state index contributed by atoms with van der Waals surface area (Å²) in [5, 5.41) is 8.09. The largest absolute Gasteiger partial charge is 0.488 e. The molecule has 0 aliphatic rings. The molecule has 0 saturated carbocycles. The minimum atomic E-state index is -0.817. The molecule has 0 aliphatic carbocycles. The molecule has 3 aromatic heterocycles. The van der Waals surface area contributed by atoms with Crippen LogP contribution in [0.4, 0.5) is 19.0 Å². The predicted molar refractivity (Wildman–Crippen MR) is 158 cm³/mol. The average molecular weight is 586 g/mol. The van der Waals surface area contributed by atoms with Gasteiger partial charge in [-0.25, -0.2) is 27.8 Å². The molecule has 0 radical (unpaired) electrons. The Kier molecular flexibility index (Phi) is 7.09. The predicted octanol–water partition coefficient (Wildman–Crippen LogP) is 7.12. The minimum absolute atomic E-state index is 0.0149. The molecule has 0 bridgehead atoms. The fourth-order valence-electron chi connectivity index (χ4n) is 5.17. The highest BCUT2D eigenvalue weighted by atomic mass is 19.1. The molecule has 1 unspecified atom stereocenters. The first-order valence-corrected chi connectivity index (χ1v) is 13.6. The Morgan fingerprint density at radius 3 is 2.42 bits per heavy atom. The molecule has 11 heteroatoms. The van der Waals surface area contributed by atoms with Crippen molar-refractivity contribution in [2.75, 3.05) is 12.4 Å². The summed E-state index contributed by atoms with van der Waals surface area (Å²) in [6, 6.07) is 13.2. The van der Waals surface area contributed by atoms with E-state index in [9.17, 15) is 13.6 Å². The Balaban J connectivity index is 1.61. The van der Waals surface area contributed by atoms with Gasteiger partial charge in [-0.05, 0) is 68.8 Å². The lowest BCUT2D eigenvalue weighted by atomic mass is 9.99. The van der Waals surface area contributed by atoms with Crippen molar-refractivity contribution >= 4 is 27.8 Å². The molecule has 0 amide bonds. The Morgan fingerprint density at radius 1 is 0.907 bits per heavy atom. The summed E-state index contributed by atoms with van der Waals surface area (Å²) in [7, 11) is 1.69. The first-order chi connectivity index (χ1) is 20.7. The van der Waals surface area contributed by atoms with Crippen LogP contribution in [0.2, 0.25) is 0 Å². The van der Waals surface area contributed by atoms with E-state index in [0.717, 1.165) is 6.07 Å². The van der Waals surface area contributed by atoms with Crippen molar-refractivity contribution in [1.29, 1.82) is 0 Å². The van der Waals surface area contributed by atoms with Crippen molar-refractivity contribution < 1.29 is 22.3 Å². The number of hydrogen-bond acceptors (Lipinski definition) is 7. The SMILES string of the molecule is CNc1ncnc2c1c(-c1ccc(OC(C)C)c(F)c1)nn2C(C)c1oc2cccc(F)c2c(=O)c1-c1cccc(F)c1. The van der Waals surface area contributed by atoms with Gasteiger partial charge in [0.2, 0.25) is 5.43 Å². The highest BCUT2D eigenvalue weighted by Crippen LogP contribution is 2.38. The average Bonchev–Trinajstić information content (AvgIpc) is 3.37. The zero-order chi connectivity index (χ0) is 30.4. The lowest BCUT2D eigenvalue weighted by Gasteiger charge is -2.17. The molecule has 3 heterocycles. The summed E-state index contributed by atoms with van der Waals surface area (Å²) in [6.45, 7) is 5.33. The van der Waals surface area contributed by atoms with Crippen molar-refractivity contribution in [1.82, 2.24) is 19.7 Å². The number of aromatic nitrogens is 4. The van der Waals surface area contributed by atoms with E-state index < -0.39 is 28.9 Å². The normalized spacial score (nSPS) is 12.3. The maximum atomic E-state index is 15.1. The quantitative estimate of drug-likeness (QED) is 0.213. The van der Waals surface area contributed by atoms with Crippen LogP contribution in [0.25, 0.3) is 44.4 Å². The molecule has 6 rings (SSSR count). The molecule has 0 spiro atoms. The zero-order valence-electron chi connectivity index (χ0n) is 23.7. The van der Waals surface area contributed by atoms with Gasteiger partial charge in [-0.3, -0.25) is 4.79 Å². The van der Waals surface area contributed by atoms with Gasteiger partial charge in [-0.1, -0.05) is 18.2 Å². The molecule has 6 aromatic rings. The fraction of sp³-hybridized carbons (Fsp3) is 0.188. The Morgan fingerprint density at radius 2 is 1.70 bits per heavy atom. The van der Waals surface area contributed by atoms with Crippen molar-refractivity contribution in [3.8, 4) is 28.1 Å². The summed E-state index contributed by atoms with van der Waals surface area (Å²) in [5.41, 5.74) is 0.724. The monoisotopic (exact) mass is 585 g/mol. The zero-order valence-corrected chi connectivity index (χ0v) is 23.7. The van der Waals surface area contributed by atoms with Gasteiger partial charge >= 0.3 is 0 Å². The molecule has 1 N–H and O–H groups in total. The van der Waals surface area contributed by atoms with Gasteiger partial charge in [0.15, 0.2) is 17.2 Å². The summed E-state index contributed by atoms with van der Waals surface area (Å²) >= 11 is 0. The Hall–Kier alpha value is -5.19. The van der Waals surface area contributed by atoms with Crippen LogP contribution in [0, 0.1) is 17.5 Å². The van der Waals surface area contributed by atoms with E-state index in [4.69, 9.17) is 14.3 Å². The highest BCUT2D eigenvalue weighted by Gasteiger charge is 2.28. The lowest BCUT2D eigenvalue weighted by Crippen LogP contribution is -2.17. The van der Waals surface area contributed by atoms with Gasteiger partial charge in [0.05, 0.1) is 17.1 Å². The number of hydrogen-bond donors (Lipinski definition) is 1. The second kappa shape index (κ2) is 10.9. The number of ether oxygens (including phenoxy) is 1. The van der Waals surface area contributed by atoms with Crippen LogP contribution in [-0.2, 0) is 0 Å². The van der Waals surface area contributed by atoms with Crippen LogP contribution in [0.3, 0.4) is 0 Å². The molecule has 0 aliphatic heterocycles. The van der Waals surface area contributed by atoms with Gasteiger partial charge in [-0.2, -0.15) is 5.10 Å². The molecule has 3 aromatic carbocycles. The molecule has 0 fully saturated rings. The van der Waals surface area contributed by atoms with Gasteiger partial charge < -0.3 is 14.5 Å². The minimum Gasteiger partial charge on any atom is -0.488 e. The molecule has 0 saturated heterocycles. The van der Waals surface area contributed by atoms with Gasteiger partial charge in [0, 0.05) is 12.6 Å². The van der Waals surface area contributed by atoms with Crippen molar-refractivity contribution in [3.63, 3.8) is 0 Å². The topological polar surface area (TPSA) is 95.1 Å². The maximum Gasteiger partial charge on any atom is 0.203 e. The highest BCUT2D eigenvalue weighted by molar-refractivity contribution is 5.99. The van der Waals surface area contributed by atoms with E-state index in [1.807, 2.05) is 0 Å². The smallest absolute Gasteiger partial charge is 0.203 e. The van der Waals surface area contributed by atoms with Crippen LogP contribution < -0.4 is 15.5 Å². The fourth-order valence-corrected chi connectivity index (χ4v) is 5.17. The number of nitrogens with one attached hydrogen (secondary N) is 1. The van der Waals surface area contributed by atoms with Gasteiger partial charge in [-0.15, -0.1) is 0 Å². The van der Waals surface area contributed by atoms with Crippen molar-refractivity contribution in [3.05, 3.63) is 100 Å². The molecule has 1 atom stereocenters. The van der Waals surface area contributed by atoms with Crippen LogP contribution in [0.15, 0.2) is 76.2 Å². The lowest BCUT2D eigenvalue weighted by molar-refractivity contribution is 0.231. The molecule has 43 heavy (non-hydrogen) atoms. The number of rotatable bonds is 7. The standard InChI is InChI=1S/C32H26F3N5O3/c1-16(2)42-23-12-11-19(14-22(23)35)28-27-31(36-4)37-15-38-32(27)40(39-28)17(3)30-25(18-7-5-8-20(33)13-18)29(41)26-21(34)9-6-10-24(26)43-30/h5-17H,1-4H3,(H,36,37,38). The van der Waals surface area contributed by atoms with Gasteiger partial charge in [0.1, 0.15) is 52.2 Å². The van der Waals surface area contributed by atoms with Crippen LogP contribution >= 0.6 is 0 Å². The second-order valence-electron chi connectivity index (χ2n) is 10.2. The van der Waals surface area contributed by atoms with Crippen LogP contribution in [-0.4, -0.2) is 32.9 Å². The second-order valence-corrected chi connectivity index (χ2v) is 10.2. The van der Waals surface area contributed by atoms with E-state index >= 15 is 4.39 Å². The molecular formula is C32H26F3N5O3. The Bertz CT molecular complexity index is 2070. The first-order valence-electron chi connectivity index (χ1n) is 13.6. The van der Waals surface area contributed by atoms with Crippen LogP contribution in [0.1, 0.15) is 32.6 Å². The molecule has 8 nitrogen and oxygen atoms in total. The van der Waals surface area contributed by atoms with E-state index in [-0.39, 0.29) is 39.7 Å². The Labute approximate surface area is 243 Å². The number of nitrogens with zero attached hydrogens (tertiary/aromatic N) is 4. The molecular weight excluding hydrogens is 559 g/mol. The number of halogens is 3. The first kappa shape index (κ1) is 28.0. The number of fused-ring (bicyclic) bond motifs is 2. The van der Waals surface area contributed by atoms with E-state index in [0.29, 0.717) is 28.1 Å². The third-order valence-corrected chi connectivity index (χ3v) is 7.05. The summed E-state index contributed by atoms with van der Waals surface area (Å²) in [4.78, 5) is 22.6. The van der Waals surface area contributed by atoms with E-state index in [1.54, 1.807) is 40.0 Å². The van der Waals surface area contributed by atoms with Crippen LogP contribution in [0.5, 0.6) is 5.75 Å². The summed E-state index contributed by atoms with van der Waals surface area (Å²) in [6.07, 6.45) is 1.13. The number of anilines is 1. The third kappa shape index (κ3) is 4.86. The van der Waals surface area contributed by atoms with Crippen molar-refractivity contribution in [2.24, 2.45) is 0 Å². The van der Waals surface area contributed by atoms with E-state index in [2.05, 4.69) is 15.3 Å².